The highest BCUT2D eigenvalue weighted by atomic mass is 32.1. The predicted molar refractivity (Wildman–Crippen MR) is 85.7 cm³/mol. The summed E-state index contributed by atoms with van der Waals surface area (Å²) < 4.78 is 15.6. The Morgan fingerprint density at radius 3 is 3.00 bits per heavy atom. The lowest BCUT2D eigenvalue weighted by molar-refractivity contribution is -0.122. The van der Waals surface area contributed by atoms with E-state index in [1.807, 2.05) is 5.38 Å². The third-order valence-corrected chi connectivity index (χ3v) is 4.76. The number of amides is 1. The van der Waals surface area contributed by atoms with Gasteiger partial charge in [-0.3, -0.25) is 4.79 Å². The number of benzene rings is 1. The largest absolute Gasteiger partial charge is 0.355 e. The second-order valence-electron chi connectivity index (χ2n) is 5.65. The van der Waals surface area contributed by atoms with Gasteiger partial charge in [0.25, 0.3) is 0 Å². The minimum atomic E-state index is -0.330. The molecule has 0 unspecified atom stereocenters. The Kier molecular flexibility index (Phi) is 3.57. The molecule has 0 saturated heterocycles. The molecule has 23 heavy (non-hydrogen) atoms. The Balaban J connectivity index is 1.52. The molecule has 0 radical (unpaired) electrons. The fourth-order valence-electron chi connectivity index (χ4n) is 2.46. The molecular weight excluding hydrogens is 315 g/mol. The van der Waals surface area contributed by atoms with E-state index < -0.39 is 0 Å². The van der Waals surface area contributed by atoms with E-state index in [4.69, 9.17) is 0 Å². The van der Waals surface area contributed by atoms with Crippen LogP contribution < -0.4 is 5.32 Å². The van der Waals surface area contributed by atoms with Gasteiger partial charge in [-0.05, 0) is 25.0 Å². The summed E-state index contributed by atoms with van der Waals surface area (Å²) in [5.74, 6) is 0.417. The van der Waals surface area contributed by atoms with Crippen LogP contribution in [0.4, 0.5) is 4.39 Å². The Morgan fingerprint density at radius 2 is 2.22 bits per heavy atom. The van der Waals surface area contributed by atoms with E-state index in [0.29, 0.717) is 24.4 Å². The van der Waals surface area contributed by atoms with Crippen molar-refractivity contribution < 1.29 is 9.18 Å². The summed E-state index contributed by atoms with van der Waals surface area (Å²) in [5, 5.41) is 9.33. The first-order valence-electron chi connectivity index (χ1n) is 7.58. The van der Waals surface area contributed by atoms with Crippen LogP contribution in [0.3, 0.4) is 0 Å². The van der Waals surface area contributed by atoms with Crippen molar-refractivity contribution in [1.82, 2.24) is 19.9 Å². The minimum Gasteiger partial charge on any atom is -0.355 e. The summed E-state index contributed by atoms with van der Waals surface area (Å²) in [6.07, 6.45) is 2.69. The first-order chi connectivity index (χ1) is 11.2. The van der Waals surface area contributed by atoms with Crippen molar-refractivity contribution in [2.75, 3.05) is 6.54 Å². The first-order valence-corrected chi connectivity index (χ1v) is 8.46. The van der Waals surface area contributed by atoms with E-state index in [0.717, 1.165) is 23.5 Å². The van der Waals surface area contributed by atoms with Gasteiger partial charge in [0.05, 0.1) is 11.3 Å². The highest BCUT2D eigenvalue weighted by molar-refractivity contribution is 7.15. The number of thiazole rings is 1. The molecule has 1 aliphatic carbocycles. The third-order valence-electron chi connectivity index (χ3n) is 3.89. The number of rotatable bonds is 5. The number of carbonyl (C=O) groups is 1. The van der Waals surface area contributed by atoms with E-state index in [-0.39, 0.29) is 17.6 Å². The van der Waals surface area contributed by atoms with E-state index in [9.17, 15) is 9.18 Å². The lowest BCUT2D eigenvalue weighted by Gasteiger charge is -2.02. The Morgan fingerprint density at radius 1 is 1.39 bits per heavy atom. The summed E-state index contributed by atoms with van der Waals surface area (Å²) in [5.41, 5.74) is 1.37. The molecule has 1 aromatic carbocycles. The smallest absolute Gasteiger partial charge is 0.223 e. The van der Waals surface area contributed by atoms with Crippen molar-refractivity contribution in [2.45, 2.75) is 19.3 Å². The molecule has 7 heteroatoms. The van der Waals surface area contributed by atoms with Crippen LogP contribution in [0.25, 0.3) is 16.3 Å². The molecule has 4 rings (SSSR count). The number of nitrogens with zero attached hydrogens (tertiary/aromatic N) is 3. The Bertz CT molecular complexity index is 868. The molecule has 2 aromatic heterocycles. The molecule has 0 atom stereocenters. The highest BCUT2D eigenvalue weighted by Crippen LogP contribution is 2.28. The zero-order chi connectivity index (χ0) is 15.8. The van der Waals surface area contributed by atoms with E-state index in [1.54, 1.807) is 22.7 Å². The predicted octanol–water partition coefficient (Wildman–Crippen LogP) is 2.67. The van der Waals surface area contributed by atoms with Gasteiger partial charge >= 0.3 is 0 Å². The van der Waals surface area contributed by atoms with E-state index in [1.165, 1.54) is 17.4 Å². The third kappa shape index (κ3) is 2.84. The molecule has 0 spiro atoms. The van der Waals surface area contributed by atoms with Gasteiger partial charge in [-0.1, -0.05) is 12.1 Å². The number of halogens is 1. The van der Waals surface area contributed by atoms with Crippen LogP contribution in [0.1, 0.15) is 18.5 Å². The highest BCUT2D eigenvalue weighted by Gasteiger charge is 2.29. The van der Waals surface area contributed by atoms with Crippen LogP contribution in [0.2, 0.25) is 0 Å². The molecule has 1 fully saturated rings. The fourth-order valence-corrected chi connectivity index (χ4v) is 3.31. The molecule has 1 amide bonds. The van der Waals surface area contributed by atoms with Gasteiger partial charge in [0.2, 0.25) is 10.9 Å². The first kappa shape index (κ1) is 14.3. The maximum atomic E-state index is 13.9. The molecular formula is C16H15FN4OS. The average molecular weight is 330 g/mol. The Hall–Kier alpha value is -2.28. The second-order valence-corrected chi connectivity index (χ2v) is 6.49. The molecule has 5 nitrogen and oxygen atoms in total. The zero-order valence-electron chi connectivity index (χ0n) is 12.3. The molecule has 1 aliphatic rings. The van der Waals surface area contributed by atoms with Gasteiger partial charge in [-0.2, -0.15) is 4.98 Å². The van der Waals surface area contributed by atoms with Crippen LogP contribution in [0.15, 0.2) is 29.6 Å². The van der Waals surface area contributed by atoms with E-state index >= 15 is 0 Å². The number of carbonyl (C=O) groups excluding carboxylic acids is 1. The summed E-state index contributed by atoms with van der Waals surface area (Å²) in [7, 11) is 0. The van der Waals surface area contributed by atoms with Gasteiger partial charge in [-0.15, -0.1) is 16.4 Å². The molecule has 2 heterocycles. The number of nitrogens with one attached hydrogen (secondary N) is 1. The van der Waals surface area contributed by atoms with E-state index in [2.05, 4.69) is 15.4 Å². The lowest BCUT2D eigenvalue weighted by atomic mass is 10.2. The van der Waals surface area contributed by atoms with Crippen molar-refractivity contribution >= 4 is 22.2 Å². The van der Waals surface area contributed by atoms with Crippen molar-refractivity contribution in [1.29, 1.82) is 0 Å². The van der Waals surface area contributed by atoms with Crippen LogP contribution in [0, 0.1) is 11.7 Å². The number of hydrogen-bond donors (Lipinski definition) is 1. The molecule has 118 valence electrons. The minimum absolute atomic E-state index is 0.141. The zero-order valence-corrected chi connectivity index (χ0v) is 13.1. The quantitative estimate of drug-likeness (QED) is 0.782. The van der Waals surface area contributed by atoms with Crippen molar-refractivity contribution in [3.8, 4) is 11.4 Å². The van der Waals surface area contributed by atoms with Crippen LogP contribution in [-0.4, -0.2) is 27.0 Å². The molecule has 3 aromatic rings. The Labute approximate surface area is 136 Å². The van der Waals surface area contributed by atoms with Crippen molar-refractivity contribution in [3.05, 3.63) is 41.2 Å². The van der Waals surface area contributed by atoms with Crippen LogP contribution >= 0.6 is 11.3 Å². The average Bonchev–Trinajstić information content (AvgIpc) is 3.21. The summed E-state index contributed by atoms with van der Waals surface area (Å²) >= 11 is 1.47. The topological polar surface area (TPSA) is 59.3 Å². The monoisotopic (exact) mass is 330 g/mol. The summed E-state index contributed by atoms with van der Waals surface area (Å²) in [4.78, 5) is 16.8. The van der Waals surface area contributed by atoms with Crippen molar-refractivity contribution in [2.24, 2.45) is 5.92 Å². The summed E-state index contributed by atoms with van der Waals surface area (Å²) in [6, 6.07) is 6.48. The van der Waals surface area contributed by atoms with Gasteiger partial charge in [0.1, 0.15) is 5.82 Å². The molecule has 0 aliphatic heterocycles. The molecule has 0 bridgehead atoms. The standard InChI is InChI=1S/C16H15FN4OS/c17-13-4-2-1-3-12(13)14-19-16-21(20-14)11(9-23-16)7-8-18-15(22)10-5-6-10/h1-4,9-10H,5-8H2,(H,18,22). The van der Waals surface area contributed by atoms with Crippen molar-refractivity contribution in [3.63, 3.8) is 0 Å². The van der Waals surface area contributed by atoms with Crippen LogP contribution in [-0.2, 0) is 11.2 Å². The maximum Gasteiger partial charge on any atom is 0.223 e. The SMILES string of the molecule is O=C(NCCc1csc2nc(-c3ccccc3F)nn12)C1CC1. The lowest BCUT2D eigenvalue weighted by Crippen LogP contribution is -2.27. The normalized spacial score (nSPS) is 14.3. The maximum absolute atomic E-state index is 13.9. The van der Waals surface area contributed by atoms with Gasteiger partial charge in [0.15, 0.2) is 5.82 Å². The van der Waals surface area contributed by atoms with Crippen LogP contribution in [0.5, 0.6) is 0 Å². The fraction of sp³-hybridized carbons (Fsp3) is 0.312. The second kappa shape index (κ2) is 5.73. The number of fused-ring (bicyclic) bond motifs is 1. The van der Waals surface area contributed by atoms with Gasteiger partial charge < -0.3 is 5.32 Å². The molecule has 1 saturated carbocycles. The number of aromatic nitrogens is 3. The van der Waals surface area contributed by atoms with Gasteiger partial charge in [0, 0.05) is 24.3 Å². The van der Waals surface area contributed by atoms with Gasteiger partial charge in [-0.25, -0.2) is 8.91 Å². The summed E-state index contributed by atoms with van der Waals surface area (Å²) in [6.45, 7) is 0.579. The molecule has 1 N–H and O–H groups in total. The number of hydrogen-bond acceptors (Lipinski definition) is 4.